The first kappa shape index (κ1) is 27.8. The molecule has 226 valence electrons. The van der Waals surface area contributed by atoms with Gasteiger partial charge in [-0.2, -0.15) is 4.39 Å². The number of pyridine rings is 1. The topological polar surface area (TPSA) is 161 Å². The Hall–Kier alpha value is -3.98. The summed E-state index contributed by atoms with van der Waals surface area (Å²) in [5.74, 6) is 0.0176. The second kappa shape index (κ2) is 10.9. The van der Waals surface area contributed by atoms with Crippen LogP contribution in [0.15, 0.2) is 52.4 Å². The first-order chi connectivity index (χ1) is 20.8. The van der Waals surface area contributed by atoms with Gasteiger partial charge in [0.05, 0.1) is 43.3 Å². The largest absolute Gasteiger partial charge is 0.497 e. The lowest BCUT2D eigenvalue weighted by molar-refractivity contribution is -0.0382. The minimum atomic E-state index is -1.10. The molecule has 14 heteroatoms. The van der Waals surface area contributed by atoms with Crippen molar-refractivity contribution < 1.29 is 24.1 Å². The summed E-state index contributed by atoms with van der Waals surface area (Å²) in [6.45, 7) is 1.25. The number of hydrogen-bond acceptors (Lipinski definition) is 10. The maximum Gasteiger partial charge on any atom is 0.330 e. The molecule has 0 radical (unpaired) electrons. The number of aromatic amines is 1. The third-order valence-electron chi connectivity index (χ3n) is 9.33. The average Bonchev–Trinajstić information content (AvgIpc) is 3.70. The molecule has 0 aliphatic carbocycles. The van der Waals surface area contributed by atoms with E-state index in [1.807, 2.05) is 35.4 Å². The second-order valence-electron chi connectivity index (χ2n) is 11.6. The molecule has 4 saturated heterocycles. The van der Waals surface area contributed by atoms with Crippen LogP contribution >= 0.6 is 0 Å². The highest BCUT2D eigenvalue weighted by atomic mass is 19.1. The molecular weight excluding hydrogens is 561 g/mol. The standard InChI is InChI=1S/C29H32FN7O6/c1-42-16-2-3-21-18(9-16)17(4-6-31-21)27(39)24-8-15-5-7-35(24)11-19(15)22-13-37(34-33-22)23-10-26(43-25(23)14-38)36-12-20(30)28(40)32-29(36)41/h2-4,6,9,12-13,15,19,23-27,38-39H,5,7-8,10-11,14H2,1H3,(H,32,40,41)/t15-,19?,23-,24-,25+,26+,27+/m0/s1. The molecule has 2 bridgehead atoms. The number of benzene rings is 1. The van der Waals surface area contributed by atoms with Crippen LogP contribution in [-0.2, 0) is 4.74 Å². The van der Waals surface area contributed by atoms with E-state index in [2.05, 4.69) is 20.2 Å². The number of nitrogens with zero attached hydrogens (tertiary/aromatic N) is 6. The number of fused-ring (bicyclic) bond motifs is 4. The Bertz CT molecular complexity index is 1770. The van der Waals surface area contributed by atoms with Crippen LogP contribution < -0.4 is 16.0 Å². The Labute approximate surface area is 244 Å². The first-order valence-corrected chi connectivity index (χ1v) is 14.4. The molecule has 4 aliphatic rings. The third-order valence-corrected chi connectivity index (χ3v) is 9.33. The zero-order chi connectivity index (χ0) is 29.8. The summed E-state index contributed by atoms with van der Waals surface area (Å²) in [5.41, 5.74) is 0.552. The van der Waals surface area contributed by atoms with Gasteiger partial charge in [-0.05, 0) is 55.1 Å². The van der Waals surface area contributed by atoms with Crippen LogP contribution in [0.2, 0.25) is 0 Å². The highest BCUT2D eigenvalue weighted by molar-refractivity contribution is 5.84. The van der Waals surface area contributed by atoms with Crippen LogP contribution in [-0.4, -0.2) is 83.6 Å². The molecular formula is C29H32FN7O6. The summed E-state index contributed by atoms with van der Waals surface area (Å²) in [7, 11) is 1.62. The van der Waals surface area contributed by atoms with Crippen molar-refractivity contribution >= 4 is 10.9 Å². The van der Waals surface area contributed by atoms with Gasteiger partial charge in [-0.3, -0.25) is 24.2 Å². The fraction of sp³-hybridized carbons (Fsp3) is 0.483. The summed E-state index contributed by atoms with van der Waals surface area (Å²) in [5, 5.41) is 31.3. The minimum Gasteiger partial charge on any atom is -0.497 e. The van der Waals surface area contributed by atoms with Gasteiger partial charge in [0.25, 0.3) is 5.56 Å². The lowest BCUT2D eigenvalue weighted by Gasteiger charge is -2.50. The summed E-state index contributed by atoms with van der Waals surface area (Å²) in [6.07, 6.45) is 4.09. The van der Waals surface area contributed by atoms with Crippen molar-refractivity contribution in [3.8, 4) is 5.75 Å². The number of hydrogen-bond donors (Lipinski definition) is 3. The van der Waals surface area contributed by atoms with Crippen molar-refractivity contribution in [2.45, 2.75) is 55.7 Å². The summed E-state index contributed by atoms with van der Waals surface area (Å²) < 4.78 is 27.8. The van der Waals surface area contributed by atoms with Crippen molar-refractivity contribution in [2.24, 2.45) is 5.92 Å². The van der Waals surface area contributed by atoms with Crippen LogP contribution in [0.3, 0.4) is 0 Å². The Morgan fingerprint density at radius 2 is 2.09 bits per heavy atom. The molecule has 43 heavy (non-hydrogen) atoms. The zero-order valence-corrected chi connectivity index (χ0v) is 23.4. The van der Waals surface area contributed by atoms with Crippen molar-refractivity contribution in [3.63, 3.8) is 0 Å². The summed E-state index contributed by atoms with van der Waals surface area (Å²) in [4.78, 5) is 32.5. The molecule has 7 heterocycles. The molecule has 13 nitrogen and oxygen atoms in total. The third kappa shape index (κ3) is 4.83. The van der Waals surface area contributed by atoms with Crippen LogP contribution in [0.4, 0.5) is 4.39 Å². The Morgan fingerprint density at radius 1 is 1.23 bits per heavy atom. The Balaban J connectivity index is 1.09. The fourth-order valence-corrected chi connectivity index (χ4v) is 7.10. The highest BCUT2D eigenvalue weighted by Crippen LogP contribution is 2.45. The number of aromatic nitrogens is 6. The number of ether oxygens (including phenoxy) is 2. The van der Waals surface area contributed by atoms with E-state index < -0.39 is 41.5 Å². The van der Waals surface area contributed by atoms with Gasteiger partial charge >= 0.3 is 5.69 Å². The van der Waals surface area contributed by atoms with E-state index in [1.165, 1.54) is 0 Å². The van der Waals surface area contributed by atoms with E-state index in [-0.39, 0.29) is 25.0 Å². The van der Waals surface area contributed by atoms with Crippen molar-refractivity contribution in [1.29, 1.82) is 0 Å². The van der Waals surface area contributed by atoms with Gasteiger partial charge in [0.15, 0.2) is 0 Å². The molecule has 4 aromatic rings. The van der Waals surface area contributed by atoms with Gasteiger partial charge in [-0.1, -0.05) is 5.21 Å². The SMILES string of the molecule is COc1ccc2nccc([C@@H](O)[C@@H]3C[C@@H]4CCN3CC4c3cn([C@H]4C[C@H](n5cc(F)c(=O)[nH]c5=O)O[C@@H]4CO)nn3)c2c1. The monoisotopic (exact) mass is 593 g/mol. The Kier molecular flexibility index (Phi) is 7.08. The van der Waals surface area contributed by atoms with Gasteiger partial charge in [0, 0.05) is 42.7 Å². The highest BCUT2D eigenvalue weighted by Gasteiger charge is 2.45. The number of H-pyrrole nitrogens is 1. The number of halogens is 1. The number of nitrogens with one attached hydrogen (secondary N) is 1. The van der Waals surface area contributed by atoms with Crippen LogP contribution in [0.5, 0.6) is 5.75 Å². The number of rotatable bonds is 7. The molecule has 4 aliphatic heterocycles. The molecule has 8 rings (SSSR count). The minimum absolute atomic E-state index is 0.0550. The van der Waals surface area contributed by atoms with Crippen molar-refractivity contribution in [2.75, 3.05) is 26.8 Å². The quantitative estimate of drug-likeness (QED) is 0.285. The fourth-order valence-electron chi connectivity index (χ4n) is 7.10. The second-order valence-corrected chi connectivity index (χ2v) is 11.6. The smallest absolute Gasteiger partial charge is 0.330 e. The van der Waals surface area contributed by atoms with Gasteiger partial charge < -0.3 is 19.7 Å². The maximum atomic E-state index is 13.9. The molecule has 4 fully saturated rings. The predicted molar refractivity (Wildman–Crippen MR) is 150 cm³/mol. The number of methoxy groups -OCH3 is 1. The number of aliphatic hydroxyl groups is 2. The van der Waals surface area contributed by atoms with Gasteiger partial charge in [0.2, 0.25) is 5.82 Å². The normalized spacial score (nSPS) is 29.3. The van der Waals surface area contributed by atoms with E-state index in [0.29, 0.717) is 11.7 Å². The number of aliphatic hydroxyl groups excluding tert-OH is 2. The van der Waals surface area contributed by atoms with Crippen molar-refractivity contribution in [3.05, 3.63) is 80.8 Å². The van der Waals surface area contributed by atoms with Crippen LogP contribution in [0.25, 0.3) is 10.9 Å². The predicted octanol–water partition coefficient (Wildman–Crippen LogP) is 1.26. The molecule has 0 amide bonds. The molecule has 0 saturated carbocycles. The lowest BCUT2D eigenvalue weighted by atomic mass is 9.72. The Morgan fingerprint density at radius 3 is 2.86 bits per heavy atom. The lowest BCUT2D eigenvalue weighted by Crippen LogP contribution is -2.54. The number of piperidine rings is 3. The van der Waals surface area contributed by atoms with Crippen LogP contribution in [0, 0.1) is 11.7 Å². The summed E-state index contributed by atoms with van der Waals surface area (Å²) >= 11 is 0. The van der Waals surface area contributed by atoms with Gasteiger partial charge in [-0.25, -0.2) is 9.48 Å². The first-order valence-electron chi connectivity index (χ1n) is 14.4. The molecule has 3 N–H and O–H groups in total. The average molecular weight is 594 g/mol. The van der Waals surface area contributed by atoms with E-state index in [9.17, 15) is 24.2 Å². The van der Waals surface area contributed by atoms with Crippen molar-refractivity contribution in [1.82, 2.24) is 34.4 Å². The molecule has 3 aromatic heterocycles. The maximum absolute atomic E-state index is 13.9. The molecule has 8 atom stereocenters. The summed E-state index contributed by atoms with van der Waals surface area (Å²) in [6, 6.07) is 7.04. The van der Waals surface area contributed by atoms with E-state index in [4.69, 9.17) is 9.47 Å². The van der Waals surface area contributed by atoms with Gasteiger partial charge in [0.1, 0.15) is 18.1 Å². The van der Waals surface area contributed by atoms with Crippen LogP contribution in [0.1, 0.15) is 54.8 Å². The molecule has 0 spiro atoms. The van der Waals surface area contributed by atoms with E-state index >= 15 is 0 Å². The van der Waals surface area contributed by atoms with E-state index in [0.717, 1.165) is 58.9 Å². The van der Waals surface area contributed by atoms with Gasteiger partial charge in [-0.15, -0.1) is 5.10 Å². The van der Waals surface area contributed by atoms with E-state index in [1.54, 1.807) is 18.0 Å². The molecule has 2 unspecified atom stereocenters. The molecule has 1 aromatic carbocycles. The zero-order valence-electron chi connectivity index (χ0n) is 23.4.